The highest BCUT2D eigenvalue weighted by Gasteiger charge is 2.49. The zero-order valence-electron chi connectivity index (χ0n) is 19.8. The van der Waals surface area contributed by atoms with Crippen molar-refractivity contribution in [3.05, 3.63) is 59.3 Å². The van der Waals surface area contributed by atoms with Gasteiger partial charge < -0.3 is 15.1 Å². The zero-order valence-corrected chi connectivity index (χ0v) is 19.8. The van der Waals surface area contributed by atoms with Crippen LogP contribution in [0.4, 0.5) is 18.0 Å². The summed E-state index contributed by atoms with van der Waals surface area (Å²) in [5, 5.41) is 2.59. The minimum Gasteiger partial charge on any atom is -0.341 e. The van der Waals surface area contributed by atoms with E-state index in [1.807, 2.05) is 13.8 Å². The fourth-order valence-electron chi connectivity index (χ4n) is 5.20. The molecule has 188 valence electrons. The largest absolute Gasteiger partial charge is 0.416 e. The first-order valence-corrected chi connectivity index (χ1v) is 11.7. The second kappa shape index (κ2) is 9.39. The van der Waals surface area contributed by atoms with Gasteiger partial charge in [0.15, 0.2) is 0 Å². The molecule has 4 amide bonds. The SMILES string of the molecule is C=CCN1C(=O)N[C@H](c2ccccc2C(F)(F)F)C2=C1CN([C@H](C(=O)N1CCCC1)C(C)C)C2=O. The number of urea groups is 1. The Morgan fingerprint density at radius 1 is 1.20 bits per heavy atom. The Morgan fingerprint density at radius 3 is 2.46 bits per heavy atom. The van der Waals surface area contributed by atoms with Crippen LogP contribution in [-0.2, 0) is 15.8 Å². The molecule has 3 aliphatic rings. The van der Waals surface area contributed by atoms with E-state index in [2.05, 4.69) is 11.9 Å². The van der Waals surface area contributed by atoms with Crippen LogP contribution < -0.4 is 5.32 Å². The summed E-state index contributed by atoms with van der Waals surface area (Å²) >= 11 is 0. The quantitative estimate of drug-likeness (QED) is 0.618. The fourth-order valence-corrected chi connectivity index (χ4v) is 5.20. The van der Waals surface area contributed by atoms with E-state index < -0.39 is 35.8 Å². The van der Waals surface area contributed by atoms with Crippen LogP contribution in [-0.4, -0.2) is 64.8 Å². The lowest BCUT2D eigenvalue weighted by atomic mass is 9.91. The number of hydrogen-bond acceptors (Lipinski definition) is 3. The van der Waals surface area contributed by atoms with Gasteiger partial charge in [0, 0.05) is 19.6 Å². The summed E-state index contributed by atoms with van der Waals surface area (Å²) in [5.74, 6) is -0.944. The van der Waals surface area contributed by atoms with Crippen LogP contribution in [0.5, 0.6) is 0 Å². The summed E-state index contributed by atoms with van der Waals surface area (Å²) in [5.41, 5.74) is -0.765. The number of benzene rings is 1. The van der Waals surface area contributed by atoms with Gasteiger partial charge in [-0.15, -0.1) is 6.58 Å². The first-order chi connectivity index (χ1) is 16.6. The minimum atomic E-state index is -4.67. The van der Waals surface area contributed by atoms with Crippen LogP contribution in [0.15, 0.2) is 48.2 Å². The standard InChI is InChI=1S/C25H29F3N4O3/c1-4-11-31-18-14-32(21(15(2)3)23(34)30-12-7-8-13-30)22(33)19(18)20(29-24(31)35)16-9-5-6-10-17(16)25(26,27)28/h4-6,9-10,15,20-21H,1,7-8,11-14H2,2-3H3,(H,29,35)/t20-,21+/m1/s1. The molecule has 7 nitrogen and oxygen atoms in total. The molecule has 35 heavy (non-hydrogen) atoms. The number of nitrogens with one attached hydrogen (secondary N) is 1. The molecule has 4 rings (SSSR count). The van der Waals surface area contributed by atoms with Gasteiger partial charge in [-0.2, -0.15) is 13.2 Å². The van der Waals surface area contributed by atoms with E-state index >= 15 is 0 Å². The molecular formula is C25H29F3N4O3. The van der Waals surface area contributed by atoms with E-state index in [0.29, 0.717) is 18.8 Å². The van der Waals surface area contributed by atoms with Gasteiger partial charge in [0.25, 0.3) is 5.91 Å². The summed E-state index contributed by atoms with van der Waals surface area (Å²) < 4.78 is 41.5. The lowest BCUT2D eigenvalue weighted by Crippen LogP contribution is -2.52. The monoisotopic (exact) mass is 490 g/mol. The second-order valence-corrected chi connectivity index (χ2v) is 9.38. The molecular weight excluding hydrogens is 461 g/mol. The third-order valence-corrected chi connectivity index (χ3v) is 6.78. The maximum atomic E-state index is 13.8. The number of hydrogen-bond donors (Lipinski definition) is 1. The molecule has 0 aromatic heterocycles. The summed E-state index contributed by atoms with van der Waals surface area (Å²) in [7, 11) is 0. The number of carbonyl (C=O) groups is 3. The number of carbonyl (C=O) groups excluding carboxylic acids is 3. The lowest BCUT2D eigenvalue weighted by Gasteiger charge is -2.34. The van der Waals surface area contributed by atoms with Crippen molar-refractivity contribution in [3.8, 4) is 0 Å². The highest BCUT2D eigenvalue weighted by Crippen LogP contribution is 2.42. The molecule has 1 aromatic rings. The third kappa shape index (κ3) is 4.41. The van der Waals surface area contributed by atoms with E-state index in [9.17, 15) is 27.6 Å². The van der Waals surface area contributed by atoms with Gasteiger partial charge in [0.05, 0.1) is 29.4 Å². The van der Waals surface area contributed by atoms with Gasteiger partial charge in [-0.1, -0.05) is 38.1 Å². The van der Waals surface area contributed by atoms with Gasteiger partial charge in [0.1, 0.15) is 6.04 Å². The average Bonchev–Trinajstić information content (AvgIpc) is 3.44. The Bertz CT molecular complexity index is 1080. The molecule has 0 unspecified atom stereocenters. The Labute approximate surface area is 202 Å². The highest BCUT2D eigenvalue weighted by molar-refractivity contribution is 6.03. The molecule has 1 aromatic carbocycles. The van der Waals surface area contributed by atoms with E-state index in [0.717, 1.165) is 18.9 Å². The fraction of sp³-hybridized carbons (Fsp3) is 0.480. The summed E-state index contributed by atoms with van der Waals surface area (Å²) in [4.78, 5) is 44.6. The Balaban J connectivity index is 1.79. The Morgan fingerprint density at radius 2 is 1.86 bits per heavy atom. The number of likely N-dealkylation sites (tertiary alicyclic amines) is 1. The van der Waals surface area contributed by atoms with Gasteiger partial charge in [-0.05, 0) is 30.4 Å². The first kappa shape index (κ1) is 24.8. The maximum Gasteiger partial charge on any atom is 0.416 e. The molecule has 2 atom stereocenters. The molecule has 0 saturated carbocycles. The topological polar surface area (TPSA) is 73.0 Å². The van der Waals surface area contributed by atoms with Crippen LogP contribution in [0.2, 0.25) is 0 Å². The van der Waals surface area contributed by atoms with Crippen molar-refractivity contribution in [2.45, 2.75) is 44.9 Å². The maximum absolute atomic E-state index is 13.8. The Kier molecular flexibility index (Phi) is 6.66. The van der Waals surface area contributed by atoms with Crippen molar-refractivity contribution in [1.82, 2.24) is 20.0 Å². The van der Waals surface area contributed by atoms with Crippen molar-refractivity contribution in [1.29, 1.82) is 0 Å². The molecule has 0 radical (unpaired) electrons. The number of nitrogens with zero attached hydrogens (tertiary/aromatic N) is 3. The van der Waals surface area contributed by atoms with Crippen LogP contribution in [0, 0.1) is 5.92 Å². The minimum absolute atomic E-state index is 0.0391. The summed E-state index contributed by atoms with van der Waals surface area (Å²) in [6, 6.07) is 2.22. The normalized spacial score (nSPS) is 21.5. The zero-order chi connectivity index (χ0) is 25.5. The Hall–Kier alpha value is -3.30. The van der Waals surface area contributed by atoms with E-state index in [-0.39, 0.29) is 36.1 Å². The molecule has 0 bridgehead atoms. The average molecular weight is 491 g/mol. The smallest absolute Gasteiger partial charge is 0.341 e. The third-order valence-electron chi connectivity index (χ3n) is 6.78. The molecule has 0 aliphatic carbocycles. The van der Waals surface area contributed by atoms with Crippen LogP contribution >= 0.6 is 0 Å². The van der Waals surface area contributed by atoms with Crippen molar-refractivity contribution >= 4 is 17.8 Å². The number of amides is 4. The van der Waals surface area contributed by atoms with Crippen molar-refractivity contribution in [2.24, 2.45) is 5.92 Å². The second-order valence-electron chi connectivity index (χ2n) is 9.38. The number of rotatable bonds is 6. The van der Waals surface area contributed by atoms with Gasteiger partial charge in [0.2, 0.25) is 5.91 Å². The molecule has 3 heterocycles. The predicted octanol–water partition coefficient (Wildman–Crippen LogP) is 3.70. The van der Waals surface area contributed by atoms with E-state index in [1.165, 1.54) is 34.1 Å². The first-order valence-electron chi connectivity index (χ1n) is 11.7. The van der Waals surface area contributed by atoms with Crippen molar-refractivity contribution in [2.75, 3.05) is 26.2 Å². The summed E-state index contributed by atoms with van der Waals surface area (Å²) in [6.45, 7) is 8.59. The molecule has 3 aliphatic heterocycles. The molecule has 0 spiro atoms. The van der Waals surface area contributed by atoms with Crippen molar-refractivity contribution in [3.63, 3.8) is 0 Å². The van der Waals surface area contributed by atoms with E-state index in [4.69, 9.17) is 0 Å². The van der Waals surface area contributed by atoms with Gasteiger partial charge in [-0.3, -0.25) is 14.5 Å². The molecule has 1 N–H and O–H groups in total. The number of halogens is 3. The molecule has 1 fully saturated rings. The highest BCUT2D eigenvalue weighted by atomic mass is 19.4. The van der Waals surface area contributed by atoms with Crippen LogP contribution in [0.3, 0.4) is 0 Å². The van der Waals surface area contributed by atoms with Gasteiger partial charge >= 0.3 is 12.2 Å². The lowest BCUT2D eigenvalue weighted by molar-refractivity contribution is -0.144. The number of alkyl halides is 3. The van der Waals surface area contributed by atoms with Crippen LogP contribution in [0.1, 0.15) is 43.9 Å². The van der Waals surface area contributed by atoms with Crippen LogP contribution in [0.25, 0.3) is 0 Å². The van der Waals surface area contributed by atoms with Crippen molar-refractivity contribution < 1.29 is 27.6 Å². The molecule has 1 saturated heterocycles. The van der Waals surface area contributed by atoms with E-state index in [1.54, 1.807) is 4.90 Å². The summed E-state index contributed by atoms with van der Waals surface area (Å²) in [6.07, 6.45) is -1.41. The molecule has 10 heteroatoms. The van der Waals surface area contributed by atoms with Gasteiger partial charge in [-0.25, -0.2) is 4.79 Å². The predicted molar refractivity (Wildman–Crippen MR) is 123 cm³/mol.